The van der Waals surface area contributed by atoms with E-state index in [1.165, 1.54) is 0 Å². The molecule has 2 atom stereocenters. The summed E-state index contributed by atoms with van der Waals surface area (Å²) in [5, 5.41) is 3.24. The van der Waals surface area contributed by atoms with E-state index < -0.39 is 0 Å². The summed E-state index contributed by atoms with van der Waals surface area (Å²) in [5.74, 6) is 0.222. The number of nitrogens with zero attached hydrogens (tertiary/aromatic N) is 1. The minimum absolute atomic E-state index is 0.0317. The quantitative estimate of drug-likeness (QED) is 0.729. The molecule has 0 radical (unpaired) electrons. The second-order valence-corrected chi connectivity index (χ2v) is 4.08. The Kier molecular flexibility index (Phi) is 5.05. The molecule has 0 spiro atoms. The summed E-state index contributed by atoms with van der Waals surface area (Å²) in [6.07, 6.45) is 2.07. The molecule has 0 aromatic rings. The van der Waals surface area contributed by atoms with Gasteiger partial charge in [-0.1, -0.05) is 0 Å². The average molecular weight is 214 g/mol. The van der Waals surface area contributed by atoms with Crippen molar-refractivity contribution in [2.75, 3.05) is 26.8 Å². The molecule has 1 saturated heterocycles. The van der Waals surface area contributed by atoms with Crippen LogP contribution in [-0.4, -0.2) is 49.7 Å². The summed E-state index contributed by atoms with van der Waals surface area (Å²) in [4.78, 5) is 14.0. The lowest BCUT2D eigenvalue weighted by molar-refractivity contribution is -0.135. The van der Waals surface area contributed by atoms with Gasteiger partial charge in [0.2, 0.25) is 5.91 Å². The number of likely N-dealkylation sites (N-methyl/N-ethyl adjacent to an activating group) is 1. The predicted octanol–water partition coefficient (Wildman–Crippen LogP) is 0.622. The molecular formula is C11H22N2O2. The molecule has 4 heteroatoms. The summed E-state index contributed by atoms with van der Waals surface area (Å²) < 4.78 is 5.08. The van der Waals surface area contributed by atoms with Crippen LogP contribution in [0.25, 0.3) is 0 Å². The van der Waals surface area contributed by atoms with Crippen LogP contribution in [0, 0.1) is 0 Å². The minimum Gasteiger partial charge on any atom is -0.383 e. The number of ether oxygens (including phenoxy) is 1. The van der Waals surface area contributed by atoms with Crippen molar-refractivity contribution in [3.05, 3.63) is 0 Å². The number of amides is 1. The van der Waals surface area contributed by atoms with Gasteiger partial charge in [0.15, 0.2) is 0 Å². The standard InChI is InChI=1S/C11H22N2O2/c1-4-13(9(2)8-15-3)11(14)10-6-5-7-12-10/h9-10,12H,4-8H2,1-3H3/t9?,10-/m1/s1. The van der Waals surface area contributed by atoms with Gasteiger partial charge in [-0.3, -0.25) is 4.79 Å². The van der Waals surface area contributed by atoms with Crippen molar-refractivity contribution in [3.8, 4) is 0 Å². The van der Waals surface area contributed by atoms with Crippen LogP contribution >= 0.6 is 0 Å². The van der Waals surface area contributed by atoms with E-state index in [2.05, 4.69) is 5.32 Å². The van der Waals surface area contributed by atoms with Crippen molar-refractivity contribution < 1.29 is 9.53 Å². The molecule has 0 aliphatic carbocycles. The molecule has 1 N–H and O–H groups in total. The number of hydrogen-bond acceptors (Lipinski definition) is 3. The average Bonchev–Trinajstić information content (AvgIpc) is 2.71. The van der Waals surface area contributed by atoms with E-state index in [1.807, 2.05) is 18.7 Å². The number of carbonyl (C=O) groups excluding carboxylic acids is 1. The second kappa shape index (κ2) is 6.08. The van der Waals surface area contributed by atoms with Crippen molar-refractivity contribution in [2.24, 2.45) is 0 Å². The maximum atomic E-state index is 12.1. The summed E-state index contributed by atoms with van der Waals surface area (Å²) in [5.41, 5.74) is 0. The predicted molar refractivity (Wildman–Crippen MR) is 59.7 cm³/mol. The molecule has 88 valence electrons. The maximum Gasteiger partial charge on any atom is 0.240 e. The van der Waals surface area contributed by atoms with Crippen LogP contribution in [0.1, 0.15) is 26.7 Å². The lowest BCUT2D eigenvalue weighted by Gasteiger charge is -2.30. The smallest absolute Gasteiger partial charge is 0.240 e. The van der Waals surface area contributed by atoms with Crippen LogP contribution in [0.15, 0.2) is 0 Å². The zero-order valence-corrected chi connectivity index (χ0v) is 9.95. The Bertz CT molecular complexity index is 203. The largest absolute Gasteiger partial charge is 0.383 e. The van der Waals surface area contributed by atoms with Gasteiger partial charge >= 0.3 is 0 Å². The Hall–Kier alpha value is -0.610. The van der Waals surface area contributed by atoms with Crippen molar-refractivity contribution in [1.82, 2.24) is 10.2 Å². The third-order valence-corrected chi connectivity index (χ3v) is 2.92. The fraction of sp³-hybridized carbons (Fsp3) is 0.909. The Morgan fingerprint density at radius 1 is 1.67 bits per heavy atom. The van der Waals surface area contributed by atoms with E-state index in [-0.39, 0.29) is 18.0 Å². The highest BCUT2D eigenvalue weighted by atomic mass is 16.5. The first-order valence-electron chi connectivity index (χ1n) is 5.73. The molecule has 1 amide bonds. The van der Waals surface area contributed by atoms with E-state index in [0.29, 0.717) is 6.61 Å². The molecule has 0 aromatic heterocycles. The fourth-order valence-electron chi connectivity index (χ4n) is 2.11. The van der Waals surface area contributed by atoms with Gasteiger partial charge in [0.25, 0.3) is 0 Å². The highest BCUT2D eigenvalue weighted by Gasteiger charge is 2.28. The van der Waals surface area contributed by atoms with Crippen LogP contribution < -0.4 is 5.32 Å². The molecule has 0 bridgehead atoms. The van der Waals surface area contributed by atoms with E-state index in [1.54, 1.807) is 7.11 Å². The zero-order chi connectivity index (χ0) is 11.3. The first-order valence-corrected chi connectivity index (χ1v) is 5.73. The highest BCUT2D eigenvalue weighted by Crippen LogP contribution is 2.11. The third kappa shape index (κ3) is 3.18. The Labute approximate surface area is 92.0 Å². The fourth-order valence-corrected chi connectivity index (χ4v) is 2.11. The monoisotopic (exact) mass is 214 g/mol. The normalized spacial score (nSPS) is 22.7. The minimum atomic E-state index is 0.0317. The molecule has 1 aliphatic heterocycles. The molecule has 1 heterocycles. The first-order chi connectivity index (χ1) is 7.20. The van der Waals surface area contributed by atoms with Crippen LogP contribution in [0.3, 0.4) is 0 Å². The molecule has 4 nitrogen and oxygen atoms in total. The van der Waals surface area contributed by atoms with E-state index in [9.17, 15) is 4.79 Å². The Morgan fingerprint density at radius 2 is 2.40 bits per heavy atom. The molecule has 1 aliphatic rings. The van der Waals surface area contributed by atoms with Gasteiger partial charge in [-0.25, -0.2) is 0 Å². The summed E-state index contributed by atoms with van der Waals surface area (Å²) in [6, 6.07) is 0.194. The molecule has 15 heavy (non-hydrogen) atoms. The van der Waals surface area contributed by atoms with Crippen molar-refractivity contribution in [3.63, 3.8) is 0 Å². The van der Waals surface area contributed by atoms with Gasteiger partial charge in [-0.05, 0) is 33.2 Å². The molecule has 1 fully saturated rings. The van der Waals surface area contributed by atoms with Gasteiger partial charge in [-0.2, -0.15) is 0 Å². The zero-order valence-electron chi connectivity index (χ0n) is 9.95. The lowest BCUT2D eigenvalue weighted by Crippen LogP contribution is -2.48. The van der Waals surface area contributed by atoms with Crippen LogP contribution in [0.4, 0.5) is 0 Å². The number of nitrogens with one attached hydrogen (secondary N) is 1. The number of rotatable bonds is 5. The summed E-state index contributed by atoms with van der Waals surface area (Å²) in [6.45, 7) is 6.36. The van der Waals surface area contributed by atoms with Crippen molar-refractivity contribution in [2.45, 2.75) is 38.8 Å². The van der Waals surface area contributed by atoms with Gasteiger partial charge in [0.1, 0.15) is 0 Å². The Morgan fingerprint density at radius 3 is 2.87 bits per heavy atom. The van der Waals surface area contributed by atoms with Crippen molar-refractivity contribution in [1.29, 1.82) is 0 Å². The molecule has 1 unspecified atom stereocenters. The number of methoxy groups -OCH3 is 1. The topological polar surface area (TPSA) is 41.6 Å². The molecular weight excluding hydrogens is 192 g/mol. The highest BCUT2D eigenvalue weighted by molar-refractivity contribution is 5.82. The number of carbonyl (C=O) groups is 1. The van der Waals surface area contributed by atoms with Crippen LogP contribution in [-0.2, 0) is 9.53 Å². The van der Waals surface area contributed by atoms with Gasteiger partial charge in [-0.15, -0.1) is 0 Å². The van der Waals surface area contributed by atoms with Gasteiger partial charge in [0, 0.05) is 13.7 Å². The van der Waals surface area contributed by atoms with E-state index >= 15 is 0 Å². The maximum absolute atomic E-state index is 12.1. The van der Waals surface area contributed by atoms with E-state index in [4.69, 9.17) is 4.74 Å². The SMILES string of the molecule is CCN(C(=O)[C@H]1CCCN1)C(C)COC. The van der Waals surface area contributed by atoms with Crippen LogP contribution in [0.2, 0.25) is 0 Å². The summed E-state index contributed by atoms with van der Waals surface area (Å²) >= 11 is 0. The molecule has 1 rings (SSSR count). The second-order valence-electron chi connectivity index (χ2n) is 4.08. The lowest BCUT2D eigenvalue weighted by atomic mass is 10.1. The van der Waals surface area contributed by atoms with Crippen molar-refractivity contribution >= 4 is 5.91 Å². The molecule has 0 saturated carbocycles. The Balaban J connectivity index is 2.52. The van der Waals surface area contributed by atoms with E-state index in [0.717, 1.165) is 25.9 Å². The first kappa shape index (κ1) is 12.5. The third-order valence-electron chi connectivity index (χ3n) is 2.92. The van der Waals surface area contributed by atoms with Crippen LogP contribution in [0.5, 0.6) is 0 Å². The number of hydrogen-bond donors (Lipinski definition) is 1. The summed E-state index contributed by atoms with van der Waals surface area (Å²) in [7, 11) is 1.67. The van der Waals surface area contributed by atoms with Gasteiger partial charge < -0.3 is 15.0 Å². The van der Waals surface area contributed by atoms with Gasteiger partial charge in [0.05, 0.1) is 18.7 Å². The molecule has 0 aromatic carbocycles.